The monoisotopic (exact) mass is 274 g/mol. The second-order valence-corrected chi connectivity index (χ2v) is 4.60. The Hall–Kier alpha value is -0.900. The number of rotatable bonds is 2. The quantitative estimate of drug-likeness (QED) is 0.775. The van der Waals surface area contributed by atoms with Gasteiger partial charge in [0.25, 0.3) is 0 Å². The first-order valence-electron chi connectivity index (χ1n) is 4.43. The Morgan fingerprint density at radius 1 is 1.47 bits per heavy atom. The molecule has 0 radical (unpaired) electrons. The minimum Gasteiger partial charge on any atom is -0.468 e. The largest absolute Gasteiger partial charge is 0.468 e. The minimum atomic E-state index is -0.773. The highest BCUT2D eigenvalue weighted by molar-refractivity contribution is 9.10. The molecule has 0 aliphatic carbocycles. The van der Waals surface area contributed by atoms with Crippen LogP contribution in [-0.4, -0.2) is 13.1 Å². The van der Waals surface area contributed by atoms with Gasteiger partial charge in [0.05, 0.1) is 17.0 Å². The number of hydrogen-bond acceptors (Lipinski definition) is 2. The standard InChI is InChI=1S/C11H12BrFO2/c1-11(2,10(14)15-3)7-4-5-9(13)8(12)6-7/h4-6H,1-3H3. The summed E-state index contributed by atoms with van der Waals surface area (Å²) in [5.74, 6) is -0.694. The molecular formula is C11H12BrFO2. The number of methoxy groups -OCH3 is 1. The van der Waals surface area contributed by atoms with Crippen molar-refractivity contribution in [1.82, 2.24) is 0 Å². The normalized spacial score (nSPS) is 11.3. The number of carbonyl (C=O) groups is 1. The summed E-state index contributed by atoms with van der Waals surface area (Å²) in [5, 5.41) is 0. The average Bonchev–Trinajstić information content (AvgIpc) is 2.20. The zero-order chi connectivity index (χ0) is 11.6. The van der Waals surface area contributed by atoms with Gasteiger partial charge in [-0.15, -0.1) is 0 Å². The van der Waals surface area contributed by atoms with Crippen LogP contribution in [0.15, 0.2) is 22.7 Å². The highest BCUT2D eigenvalue weighted by atomic mass is 79.9. The molecule has 0 aliphatic rings. The number of ether oxygens (including phenoxy) is 1. The lowest BCUT2D eigenvalue weighted by atomic mass is 9.85. The Bertz CT molecular complexity index is 388. The van der Waals surface area contributed by atoms with E-state index in [4.69, 9.17) is 4.74 Å². The maximum Gasteiger partial charge on any atom is 0.315 e. The van der Waals surface area contributed by atoms with Crippen molar-refractivity contribution >= 4 is 21.9 Å². The first-order valence-corrected chi connectivity index (χ1v) is 5.23. The van der Waals surface area contributed by atoms with Gasteiger partial charge >= 0.3 is 5.97 Å². The van der Waals surface area contributed by atoms with Crippen LogP contribution >= 0.6 is 15.9 Å². The van der Waals surface area contributed by atoms with Crippen molar-refractivity contribution in [3.05, 3.63) is 34.1 Å². The highest BCUT2D eigenvalue weighted by Gasteiger charge is 2.31. The second-order valence-electron chi connectivity index (χ2n) is 3.75. The number of benzene rings is 1. The fraction of sp³-hybridized carbons (Fsp3) is 0.364. The van der Waals surface area contributed by atoms with E-state index in [0.29, 0.717) is 10.0 Å². The van der Waals surface area contributed by atoms with E-state index in [9.17, 15) is 9.18 Å². The number of carbonyl (C=O) groups excluding carboxylic acids is 1. The van der Waals surface area contributed by atoms with Crippen LogP contribution in [0.2, 0.25) is 0 Å². The van der Waals surface area contributed by atoms with Crippen molar-refractivity contribution in [1.29, 1.82) is 0 Å². The van der Waals surface area contributed by atoms with Crippen molar-refractivity contribution in [3.8, 4) is 0 Å². The molecule has 0 amide bonds. The summed E-state index contributed by atoms with van der Waals surface area (Å²) in [4.78, 5) is 11.5. The average molecular weight is 275 g/mol. The van der Waals surface area contributed by atoms with E-state index < -0.39 is 5.41 Å². The van der Waals surface area contributed by atoms with Gasteiger partial charge in [0.2, 0.25) is 0 Å². The van der Waals surface area contributed by atoms with E-state index in [1.807, 2.05) is 0 Å². The van der Waals surface area contributed by atoms with Gasteiger partial charge in [0.1, 0.15) is 5.82 Å². The van der Waals surface area contributed by atoms with Crippen molar-refractivity contribution in [2.75, 3.05) is 7.11 Å². The zero-order valence-electron chi connectivity index (χ0n) is 8.80. The molecular weight excluding hydrogens is 263 g/mol. The molecule has 1 rings (SSSR count). The second kappa shape index (κ2) is 4.31. The smallest absolute Gasteiger partial charge is 0.315 e. The summed E-state index contributed by atoms with van der Waals surface area (Å²) in [6, 6.07) is 4.49. The number of esters is 1. The molecule has 0 saturated carbocycles. The Balaban J connectivity index is 3.16. The Morgan fingerprint density at radius 3 is 2.53 bits per heavy atom. The van der Waals surface area contributed by atoms with Crippen LogP contribution in [0, 0.1) is 5.82 Å². The van der Waals surface area contributed by atoms with Crippen LogP contribution in [0.1, 0.15) is 19.4 Å². The van der Waals surface area contributed by atoms with E-state index in [1.54, 1.807) is 26.0 Å². The topological polar surface area (TPSA) is 26.3 Å². The molecule has 0 spiro atoms. The van der Waals surface area contributed by atoms with E-state index >= 15 is 0 Å². The minimum absolute atomic E-state index is 0.344. The van der Waals surface area contributed by atoms with Crippen molar-refractivity contribution in [3.63, 3.8) is 0 Å². The molecule has 0 heterocycles. The SMILES string of the molecule is COC(=O)C(C)(C)c1ccc(F)c(Br)c1. The van der Waals surface area contributed by atoms with Crippen LogP contribution in [0.25, 0.3) is 0 Å². The molecule has 82 valence electrons. The van der Waals surface area contributed by atoms with E-state index in [2.05, 4.69) is 15.9 Å². The van der Waals surface area contributed by atoms with Crippen molar-refractivity contribution in [2.24, 2.45) is 0 Å². The van der Waals surface area contributed by atoms with E-state index in [1.165, 1.54) is 13.2 Å². The van der Waals surface area contributed by atoms with Gasteiger partial charge in [-0.2, -0.15) is 0 Å². The first-order chi connectivity index (χ1) is 6.89. The molecule has 2 nitrogen and oxygen atoms in total. The third-order valence-electron chi connectivity index (χ3n) is 2.34. The first kappa shape index (κ1) is 12.2. The van der Waals surface area contributed by atoms with Gasteiger partial charge in [0.15, 0.2) is 0 Å². The van der Waals surface area contributed by atoms with Crippen LogP contribution in [0.3, 0.4) is 0 Å². The molecule has 0 N–H and O–H groups in total. The van der Waals surface area contributed by atoms with Gasteiger partial charge in [-0.3, -0.25) is 4.79 Å². The number of halogens is 2. The summed E-state index contributed by atoms with van der Waals surface area (Å²) in [5.41, 5.74) is -0.0621. The van der Waals surface area contributed by atoms with Crippen LogP contribution < -0.4 is 0 Å². The Morgan fingerprint density at radius 2 is 2.07 bits per heavy atom. The van der Waals surface area contributed by atoms with Gasteiger partial charge in [-0.05, 0) is 47.5 Å². The predicted octanol–water partition coefficient (Wildman–Crippen LogP) is 3.04. The van der Waals surface area contributed by atoms with Crippen LogP contribution in [0.5, 0.6) is 0 Å². The number of hydrogen-bond donors (Lipinski definition) is 0. The lowest BCUT2D eigenvalue weighted by Gasteiger charge is -2.22. The summed E-state index contributed by atoms with van der Waals surface area (Å²) in [6.45, 7) is 3.47. The summed E-state index contributed by atoms with van der Waals surface area (Å²) < 4.78 is 18.0. The van der Waals surface area contributed by atoms with Crippen molar-refractivity contribution in [2.45, 2.75) is 19.3 Å². The third kappa shape index (κ3) is 2.37. The maximum atomic E-state index is 13.0. The zero-order valence-corrected chi connectivity index (χ0v) is 10.4. The van der Waals surface area contributed by atoms with Gasteiger partial charge in [-0.25, -0.2) is 4.39 Å². The van der Waals surface area contributed by atoms with Crippen molar-refractivity contribution < 1.29 is 13.9 Å². The predicted molar refractivity (Wildman–Crippen MR) is 59.1 cm³/mol. The fourth-order valence-electron chi connectivity index (χ4n) is 1.26. The molecule has 0 fully saturated rings. The fourth-order valence-corrected chi connectivity index (χ4v) is 1.64. The molecule has 0 unspecified atom stereocenters. The molecule has 0 bridgehead atoms. The lowest BCUT2D eigenvalue weighted by molar-refractivity contribution is -0.146. The molecule has 1 aromatic rings. The third-order valence-corrected chi connectivity index (χ3v) is 2.94. The Labute approximate surface area is 96.6 Å². The molecule has 0 saturated heterocycles. The summed E-state index contributed by atoms with van der Waals surface area (Å²) >= 11 is 3.08. The van der Waals surface area contributed by atoms with Gasteiger partial charge < -0.3 is 4.74 Å². The molecule has 4 heteroatoms. The Kier molecular flexibility index (Phi) is 3.50. The van der Waals surface area contributed by atoms with Gasteiger partial charge in [0, 0.05) is 0 Å². The summed E-state index contributed by atoms with van der Waals surface area (Å²) in [7, 11) is 1.34. The summed E-state index contributed by atoms with van der Waals surface area (Å²) in [6.07, 6.45) is 0. The molecule has 0 atom stereocenters. The molecule has 0 aliphatic heterocycles. The van der Waals surface area contributed by atoms with E-state index in [0.717, 1.165) is 0 Å². The lowest BCUT2D eigenvalue weighted by Crippen LogP contribution is -2.30. The maximum absolute atomic E-state index is 13.0. The van der Waals surface area contributed by atoms with Crippen LogP contribution in [-0.2, 0) is 14.9 Å². The molecule has 1 aromatic carbocycles. The van der Waals surface area contributed by atoms with Crippen LogP contribution in [0.4, 0.5) is 4.39 Å². The van der Waals surface area contributed by atoms with E-state index in [-0.39, 0.29) is 11.8 Å². The van der Waals surface area contributed by atoms with Gasteiger partial charge in [-0.1, -0.05) is 6.07 Å². The highest BCUT2D eigenvalue weighted by Crippen LogP contribution is 2.28. The molecule has 0 aromatic heterocycles. The molecule has 15 heavy (non-hydrogen) atoms.